The van der Waals surface area contributed by atoms with Crippen molar-refractivity contribution >= 4 is 33.0 Å². The first-order valence-electron chi connectivity index (χ1n) is 4.22. The van der Waals surface area contributed by atoms with Gasteiger partial charge in [0.15, 0.2) is 5.13 Å². The van der Waals surface area contributed by atoms with Crippen molar-refractivity contribution in [3.05, 3.63) is 28.4 Å². The van der Waals surface area contributed by atoms with Gasteiger partial charge in [-0.1, -0.05) is 11.6 Å². The van der Waals surface area contributed by atoms with Gasteiger partial charge in [-0.25, -0.2) is 0 Å². The molecule has 0 aliphatic carbocycles. The topological polar surface area (TPSA) is 9.23 Å². The maximum absolute atomic E-state index is 13.0. The molecule has 0 amide bonds. The summed E-state index contributed by atoms with van der Waals surface area (Å²) in [5, 5.41) is 1.08. The maximum atomic E-state index is 13.0. The van der Waals surface area contributed by atoms with Crippen molar-refractivity contribution in [2.45, 2.75) is 6.92 Å². The average Bonchev–Trinajstić information content (AvgIpc) is 2.53. The Kier molecular flexibility index (Phi) is 2.61. The van der Waals surface area contributed by atoms with Gasteiger partial charge in [0, 0.05) is 5.39 Å². The van der Waals surface area contributed by atoms with Crippen LogP contribution in [0.2, 0.25) is 5.02 Å². The third-order valence-electron chi connectivity index (χ3n) is 1.87. The highest BCUT2D eigenvalue weighted by atomic mass is 35.5. The van der Waals surface area contributed by atoms with Crippen LogP contribution in [0.15, 0.2) is 18.2 Å². The zero-order valence-electron chi connectivity index (χ0n) is 7.51. The lowest BCUT2D eigenvalue weighted by Crippen LogP contribution is -1.91. The Morgan fingerprint density at radius 2 is 2.29 bits per heavy atom. The van der Waals surface area contributed by atoms with Crippen molar-refractivity contribution in [3.8, 4) is 5.75 Å². The fourth-order valence-corrected chi connectivity index (χ4v) is 2.40. The quantitative estimate of drug-likeness (QED) is 0.755. The third-order valence-corrected chi connectivity index (χ3v) is 3.25. The molecule has 74 valence electrons. The second-order valence-corrected chi connectivity index (χ2v) is 4.18. The van der Waals surface area contributed by atoms with E-state index in [0.717, 1.165) is 21.4 Å². The van der Waals surface area contributed by atoms with Gasteiger partial charge in [0.2, 0.25) is 0 Å². The van der Waals surface area contributed by atoms with Gasteiger partial charge in [-0.15, -0.1) is 11.3 Å². The van der Waals surface area contributed by atoms with Gasteiger partial charge in [-0.2, -0.15) is 4.39 Å². The number of hydrogen-bond acceptors (Lipinski definition) is 2. The zero-order valence-corrected chi connectivity index (χ0v) is 9.08. The Labute approximate surface area is 90.1 Å². The van der Waals surface area contributed by atoms with Crippen molar-refractivity contribution in [3.63, 3.8) is 0 Å². The normalized spacial score (nSPS) is 10.8. The Hall–Kier alpha value is -0.800. The Bertz CT molecular complexity index is 466. The molecule has 14 heavy (non-hydrogen) atoms. The second-order valence-electron chi connectivity index (χ2n) is 2.77. The Morgan fingerprint density at radius 1 is 1.50 bits per heavy atom. The average molecular weight is 231 g/mol. The third kappa shape index (κ3) is 1.57. The molecule has 1 heterocycles. The van der Waals surface area contributed by atoms with Crippen LogP contribution in [0.1, 0.15) is 6.92 Å². The first-order valence-corrected chi connectivity index (χ1v) is 5.42. The second kappa shape index (κ2) is 3.75. The number of halogens is 2. The molecule has 1 aromatic carbocycles. The van der Waals surface area contributed by atoms with E-state index < -0.39 is 0 Å². The van der Waals surface area contributed by atoms with Crippen molar-refractivity contribution in [1.29, 1.82) is 0 Å². The van der Waals surface area contributed by atoms with E-state index in [1.165, 1.54) is 6.07 Å². The first kappa shape index (κ1) is 9.74. The first-order chi connectivity index (χ1) is 6.72. The van der Waals surface area contributed by atoms with Gasteiger partial charge in [0.05, 0.1) is 16.3 Å². The van der Waals surface area contributed by atoms with E-state index in [1.54, 1.807) is 12.1 Å². The van der Waals surface area contributed by atoms with Gasteiger partial charge in [-0.3, -0.25) is 0 Å². The molecule has 4 heteroatoms. The van der Waals surface area contributed by atoms with Gasteiger partial charge in [-0.05, 0) is 25.1 Å². The zero-order chi connectivity index (χ0) is 10.1. The summed E-state index contributed by atoms with van der Waals surface area (Å²) >= 11 is 6.97. The number of hydrogen-bond donors (Lipinski definition) is 0. The van der Waals surface area contributed by atoms with Crippen LogP contribution in [0.5, 0.6) is 5.75 Å². The van der Waals surface area contributed by atoms with Crippen LogP contribution in [0.4, 0.5) is 4.39 Å². The van der Waals surface area contributed by atoms with Gasteiger partial charge >= 0.3 is 0 Å². The molecule has 0 saturated heterocycles. The van der Waals surface area contributed by atoms with Crippen LogP contribution < -0.4 is 4.74 Å². The predicted octanol–water partition coefficient (Wildman–Crippen LogP) is 4.09. The molecule has 2 aromatic rings. The highest BCUT2D eigenvalue weighted by Gasteiger charge is 2.09. The molecular weight excluding hydrogens is 223 g/mol. The van der Waals surface area contributed by atoms with E-state index in [0.29, 0.717) is 17.4 Å². The van der Waals surface area contributed by atoms with E-state index in [4.69, 9.17) is 16.3 Å². The fourth-order valence-electron chi connectivity index (χ4n) is 1.32. The van der Waals surface area contributed by atoms with Crippen LogP contribution in [0, 0.1) is 5.13 Å². The molecule has 0 unspecified atom stereocenters. The molecule has 2 rings (SSSR count). The summed E-state index contributed by atoms with van der Waals surface area (Å²) in [6.45, 7) is 2.46. The van der Waals surface area contributed by atoms with E-state index in [2.05, 4.69) is 0 Å². The fraction of sp³-hybridized carbons (Fsp3) is 0.200. The van der Waals surface area contributed by atoms with E-state index in [1.807, 2.05) is 6.92 Å². The lowest BCUT2D eigenvalue weighted by molar-refractivity contribution is 0.344. The Morgan fingerprint density at radius 3 is 3.00 bits per heavy atom. The maximum Gasteiger partial charge on any atom is 0.177 e. The minimum absolute atomic E-state index is 0.242. The van der Waals surface area contributed by atoms with E-state index in [9.17, 15) is 4.39 Å². The summed E-state index contributed by atoms with van der Waals surface area (Å²) in [5.41, 5.74) is 0. The van der Waals surface area contributed by atoms with Crippen LogP contribution in [-0.2, 0) is 0 Å². The van der Waals surface area contributed by atoms with E-state index in [-0.39, 0.29) is 5.13 Å². The number of benzene rings is 1. The van der Waals surface area contributed by atoms with Crippen molar-refractivity contribution < 1.29 is 9.13 Å². The highest BCUT2D eigenvalue weighted by Crippen LogP contribution is 2.36. The molecule has 1 aromatic heterocycles. The molecule has 0 aliphatic heterocycles. The van der Waals surface area contributed by atoms with Crippen molar-refractivity contribution in [1.82, 2.24) is 0 Å². The molecule has 0 atom stereocenters. The Balaban J connectivity index is 2.68. The number of thiophene rings is 1. The molecule has 0 saturated carbocycles. The molecular formula is C10H8ClFOS. The van der Waals surface area contributed by atoms with Crippen molar-refractivity contribution in [2.24, 2.45) is 0 Å². The summed E-state index contributed by atoms with van der Waals surface area (Å²) in [6, 6.07) is 4.95. The van der Waals surface area contributed by atoms with Crippen molar-refractivity contribution in [2.75, 3.05) is 6.61 Å². The number of ether oxygens (including phenoxy) is 1. The summed E-state index contributed by atoms with van der Waals surface area (Å²) < 4.78 is 19.1. The lowest BCUT2D eigenvalue weighted by Gasteiger charge is -2.04. The van der Waals surface area contributed by atoms with Crippen LogP contribution in [-0.4, -0.2) is 6.61 Å². The van der Waals surface area contributed by atoms with Gasteiger partial charge in [0.1, 0.15) is 5.75 Å². The highest BCUT2D eigenvalue weighted by molar-refractivity contribution is 7.18. The summed E-state index contributed by atoms with van der Waals surface area (Å²) in [4.78, 5) is 0. The minimum Gasteiger partial charge on any atom is -0.493 e. The summed E-state index contributed by atoms with van der Waals surface area (Å²) in [7, 11) is 0. The largest absolute Gasteiger partial charge is 0.493 e. The summed E-state index contributed by atoms with van der Waals surface area (Å²) in [5.74, 6) is 0.687. The summed E-state index contributed by atoms with van der Waals surface area (Å²) in [6.07, 6.45) is 0. The molecule has 0 fully saturated rings. The molecule has 0 radical (unpaired) electrons. The number of rotatable bonds is 2. The standard InChI is InChI=1S/C10H8ClFOS/c1-2-13-8-4-3-7(11)10-6(8)5-9(12)14-10/h3-5H,2H2,1H3. The van der Waals surface area contributed by atoms with Crippen LogP contribution >= 0.6 is 22.9 Å². The molecule has 0 bridgehead atoms. The van der Waals surface area contributed by atoms with Crippen LogP contribution in [0.3, 0.4) is 0 Å². The van der Waals surface area contributed by atoms with Gasteiger partial charge < -0.3 is 4.74 Å². The van der Waals surface area contributed by atoms with E-state index >= 15 is 0 Å². The lowest BCUT2D eigenvalue weighted by atomic mass is 10.2. The van der Waals surface area contributed by atoms with Crippen LogP contribution in [0.25, 0.3) is 10.1 Å². The molecule has 0 aliphatic rings. The molecule has 1 nitrogen and oxygen atoms in total. The monoisotopic (exact) mass is 230 g/mol. The minimum atomic E-state index is -0.242. The molecule has 0 spiro atoms. The molecule has 0 N–H and O–H groups in total. The smallest absolute Gasteiger partial charge is 0.177 e. The number of fused-ring (bicyclic) bond motifs is 1. The SMILES string of the molecule is CCOc1ccc(Cl)c2sc(F)cc12. The predicted molar refractivity (Wildman–Crippen MR) is 58.0 cm³/mol. The van der Waals surface area contributed by atoms with Gasteiger partial charge in [0.25, 0.3) is 0 Å².